The van der Waals surface area contributed by atoms with Crippen molar-refractivity contribution in [3.05, 3.63) is 72.2 Å². The Kier molecular flexibility index (Phi) is 4.96. The summed E-state index contributed by atoms with van der Waals surface area (Å²) in [7, 11) is 1.78. The summed E-state index contributed by atoms with van der Waals surface area (Å²) in [4.78, 5) is 13.9. The van der Waals surface area contributed by atoms with Gasteiger partial charge in [0.1, 0.15) is 5.76 Å². The van der Waals surface area contributed by atoms with Gasteiger partial charge in [-0.05, 0) is 41.5 Å². The van der Waals surface area contributed by atoms with Crippen LogP contribution in [0.2, 0.25) is 0 Å². The fraction of sp³-hybridized carbons (Fsp3) is 0.250. The van der Waals surface area contributed by atoms with Crippen LogP contribution in [0.1, 0.15) is 24.3 Å². The molecule has 2 aromatic carbocycles. The Bertz CT molecular complexity index is 811. The number of amides is 1. The fourth-order valence-electron chi connectivity index (χ4n) is 2.69. The van der Waals surface area contributed by atoms with Crippen LogP contribution in [0.4, 0.5) is 0 Å². The van der Waals surface area contributed by atoms with E-state index in [1.807, 2.05) is 24.3 Å². The van der Waals surface area contributed by atoms with Crippen molar-refractivity contribution in [2.75, 3.05) is 13.6 Å². The summed E-state index contributed by atoms with van der Waals surface area (Å²) >= 11 is 0. The van der Waals surface area contributed by atoms with Crippen LogP contribution < -0.4 is 5.32 Å². The van der Waals surface area contributed by atoms with Crippen molar-refractivity contribution in [3.63, 3.8) is 0 Å². The zero-order valence-electron chi connectivity index (χ0n) is 14.0. The largest absolute Gasteiger partial charge is 0.467 e. The van der Waals surface area contributed by atoms with Gasteiger partial charge in [-0.3, -0.25) is 4.79 Å². The van der Waals surface area contributed by atoms with Gasteiger partial charge in [0.2, 0.25) is 5.91 Å². The Hall–Kier alpha value is -2.59. The van der Waals surface area contributed by atoms with Gasteiger partial charge in [-0.1, -0.05) is 36.4 Å². The molecule has 1 N–H and O–H groups in total. The van der Waals surface area contributed by atoms with E-state index in [0.717, 1.165) is 5.76 Å². The molecule has 0 fully saturated rings. The van der Waals surface area contributed by atoms with Gasteiger partial charge in [0.05, 0.1) is 19.4 Å². The van der Waals surface area contributed by atoms with Gasteiger partial charge in [-0.25, -0.2) is 0 Å². The molecule has 3 rings (SSSR count). The molecule has 0 aliphatic rings. The van der Waals surface area contributed by atoms with E-state index in [1.165, 1.54) is 16.3 Å². The molecule has 0 aliphatic heterocycles. The van der Waals surface area contributed by atoms with Crippen LogP contribution >= 0.6 is 0 Å². The summed E-state index contributed by atoms with van der Waals surface area (Å²) in [5.74, 6) is 0.826. The summed E-state index contributed by atoms with van der Waals surface area (Å²) in [6.07, 6.45) is 1.62. The van der Waals surface area contributed by atoms with E-state index in [-0.39, 0.29) is 11.9 Å². The summed E-state index contributed by atoms with van der Waals surface area (Å²) in [5.41, 5.74) is 1.18. The molecule has 4 heteroatoms. The molecule has 1 aromatic heterocycles. The number of nitrogens with zero attached hydrogens (tertiary/aromatic N) is 1. The van der Waals surface area contributed by atoms with E-state index in [2.05, 4.69) is 42.6 Å². The highest BCUT2D eigenvalue weighted by atomic mass is 16.3. The Morgan fingerprint density at radius 2 is 1.92 bits per heavy atom. The normalized spacial score (nSPS) is 12.2. The van der Waals surface area contributed by atoms with E-state index < -0.39 is 0 Å². The molecule has 4 nitrogen and oxygen atoms in total. The van der Waals surface area contributed by atoms with Crippen LogP contribution in [0.15, 0.2) is 65.3 Å². The highest BCUT2D eigenvalue weighted by molar-refractivity contribution is 5.83. The molecule has 0 bridgehead atoms. The predicted molar refractivity (Wildman–Crippen MR) is 95.5 cm³/mol. The lowest BCUT2D eigenvalue weighted by atomic mass is 10.0. The fourth-order valence-corrected chi connectivity index (χ4v) is 2.69. The number of rotatable bonds is 6. The summed E-state index contributed by atoms with van der Waals surface area (Å²) in [6.45, 7) is 2.85. The van der Waals surface area contributed by atoms with Crippen LogP contribution in [-0.2, 0) is 11.3 Å². The first kappa shape index (κ1) is 16.3. The van der Waals surface area contributed by atoms with Gasteiger partial charge in [0, 0.05) is 13.1 Å². The number of carbonyl (C=O) groups excluding carboxylic acids is 1. The number of hydrogen-bond acceptors (Lipinski definition) is 3. The van der Waals surface area contributed by atoms with Gasteiger partial charge >= 0.3 is 0 Å². The standard InChI is InChI=1S/C20H22N2O2/c1-15(17-10-9-16-6-3-4-7-18(16)12-17)21-13-20(23)22(2)14-19-8-5-11-24-19/h3-12,15,21H,13-14H2,1-2H3. The molecule has 0 saturated heterocycles. The van der Waals surface area contributed by atoms with Crippen LogP contribution in [0.25, 0.3) is 10.8 Å². The maximum absolute atomic E-state index is 12.2. The predicted octanol–water partition coefficient (Wildman–Crippen LogP) is 3.74. The lowest BCUT2D eigenvalue weighted by Gasteiger charge is -2.19. The van der Waals surface area contributed by atoms with Crippen LogP contribution in [0.3, 0.4) is 0 Å². The number of nitrogens with one attached hydrogen (secondary N) is 1. The van der Waals surface area contributed by atoms with E-state index >= 15 is 0 Å². The van der Waals surface area contributed by atoms with Gasteiger partial charge in [-0.2, -0.15) is 0 Å². The minimum absolute atomic E-state index is 0.0408. The first-order valence-corrected chi connectivity index (χ1v) is 8.12. The Morgan fingerprint density at radius 3 is 2.67 bits per heavy atom. The highest BCUT2D eigenvalue weighted by Gasteiger charge is 2.13. The third-order valence-electron chi connectivity index (χ3n) is 4.23. The van der Waals surface area contributed by atoms with E-state index in [0.29, 0.717) is 13.1 Å². The molecule has 0 saturated carbocycles. The zero-order valence-corrected chi connectivity index (χ0v) is 14.0. The summed E-state index contributed by atoms with van der Waals surface area (Å²) in [5, 5.41) is 5.74. The second kappa shape index (κ2) is 7.32. The van der Waals surface area contributed by atoms with Crippen molar-refractivity contribution in [1.29, 1.82) is 0 Å². The lowest BCUT2D eigenvalue weighted by molar-refractivity contribution is -0.129. The van der Waals surface area contributed by atoms with Crippen molar-refractivity contribution in [2.24, 2.45) is 0 Å². The van der Waals surface area contributed by atoms with Crippen LogP contribution in [-0.4, -0.2) is 24.4 Å². The van der Waals surface area contributed by atoms with E-state index in [9.17, 15) is 4.79 Å². The van der Waals surface area contributed by atoms with E-state index in [1.54, 1.807) is 18.2 Å². The average molecular weight is 322 g/mol. The first-order valence-electron chi connectivity index (χ1n) is 8.12. The Labute approximate surface area is 142 Å². The molecule has 3 aromatic rings. The third-order valence-corrected chi connectivity index (χ3v) is 4.23. The molecular formula is C20H22N2O2. The molecular weight excluding hydrogens is 300 g/mol. The highest BCUT2D eigenvalue weighted by Crippen LogP contribution is 2.20. The van der Waals surface area contributed by atoms with Crippen molar-refractivity contribution in [3.8, 4) is 0 Å². The van der Waals surface area contributed by atoms with Gasteiger partial charge in [0.15, 0.2) is 0 Å². The smallest absolute Gasteiger partial charge is 0.236 e. The second-order valence-corrected chi connectivity index (χ2v) is 6.04. The van der Waals surface area contributed by atoms with Crippen molar-refractivity contribution < 1.29 is 9.21 Å². The van der Waals surface area contributed by atoms with Crippen LogP contribution in [0, 0.1) is 0 Å². The lowest BCUT2D eigenvalue weighted by Crippen LogP contribution is -2.36. The summed E-state index contributed by atoms with van der Waals surface area (Å²) in [6, 6.07) is 18.5. The number of fused-ring (bicyclic) bond motifs is 1. The van der Waals surface area contributed by atoms with E-state index in [4.69, 9.17) is 4.42 Å². The molecule has 0 radical (unpaired) electrons. The van der Waals surface area contributed by atoms with Crippen molar-refractivity contribution in [1.82, 2.24) is 10.2 Å². The number of hydrogen-bond donors (Lipinski definition) is 1. The second-order valence-electron chi connectivity index (χ2n) is 6.04. The Balaban J connectivity index is 1.57. The number of carbonyl (C=O) groups is 1. The quantitative estimate of drug-likeness (QED) is 0.752. The zero-order chi connectivity index (χ0) is 16.9. The number of likely N-dealkylation sites (N-methyl/N-ethyl adjacent to an activating group) is 1. The average Bonchev–Trinajstić information content (AvgIpc) is 3.11. The molecule has 0 aliphatic carbocycles. The third kappa shape index (κ3) is 3.84. The molecule has 124 valence electrons. The van der Waals surface area contributed by atoms with Crippen molar-refractivity contribution >= 4 is 16.7 Å². The summed E-state index contributed by atoms with van der Waals surface area (Å²) < 4.78 is 5.28. The molecule has 24 heavy (non-hydrogen) atoms. The van der Waals surface area contributed by atoms with Gasteiger partial charge < -0.3 is 14.6 Å². The maximum Gasteiger partial charge on any atom is 0.236 e. The SMILES string of the molecule is CC(NCC(=O)N(C)Cc1ccco1)c1ccc2ccccc2c1. The van der Waals surface area contributed by atoms with Gasteiger partial charge in [-0.15, -0.1) is 0 Å². The number of furan rings is 1. The maximum atomic E-state index is 12.2. The molecule has 1 heterocycles. The number of benzene rings is 2. The van der Waals surface area contributed by atoms with Crippen LogP contribution in [0.5, 0.6) is 0 Å². The molecule has 1 atom stereocenters. The van der Waals surface area contributed by atoms with Crippen molar-refractivity contribution in [2.45, 2.75) is 19.5 Å². The monoisotopic (exact) mass is 322 g/mol. The topological polar surface area (TPSA) is 45.5 Å². The van der Waals surface area contributed by atoms with Gasteiger partial charge in [0.25, 0.3) is 0 Å². The Morgan fingerprint density at radius 1 is 1.12 bits per heavy atom. The first-order chi connectivity index (χ1) is 11.6. The molecule has 1 amide bonds. The minimum atomic E-state index is 0.0408. The minimum Gasteiger partial charge on any atom is -0.467 e. The molecule has 0 spiro atoms. The molecule has 1 unspecified atom stereocenters.